The lowest BCUT2D eigenvalue weighted by molar-refractivity contribution is 0.270. The molecule has 2 atom stereocenters. The van der Waals surface area contributed by atoms with Crippen LogP contribution in [0, 0.1) is 11.3 Å². The fourth-order valence-corrected chi connectivity index (χ4v) is 3.31. The van der Waals surface area contributed by atoms with Crippen LogP contribution in [0.1, 0.15) is 40.5 Å². The number of thioether (sulfide) groups is 1. The molecule has 2 N–H and O–H groups in total. The number of nitrogens with zero attached hydrogens (tertiary/aromatic N) is 2. The minimum Gasteiger partial charge on any atom is -0.370 e. The summed E-state index contributed by atoms with van der Waals surface area (Å²) in [6.07, 6.45) is 4.71. The molecule has 1 saturated heterocycles. The van der Waals surface area contributed by atoms with Crippen LogP contribution in [0.25, 0.3) is 0 Å². The lowest BCUT2D eigenvalue weighted by Gasteiger charge is -2.32. The summed E-state index contributed by atoms with van der Waals surface area (Å²) in [4.78, 5) is 6.86. The Hall–Kier alpha value is 0.350. The van der Waals surface area contributed by atoms with E-state index in [4.69, 9.17) is 5.73 Å². The van der Waals surface area contributed by atoms with Gasteiger partial charge in [0, 0.05) is 18.3 Å². The maximum Gasteiger partial charge on any atom is 0.191 e. The van der Waals surface area contributed by atoms with Crippen molar-refractivity contribution in [2.45, 2.75) is 45.8 Å². The second kappa shape index (κ2) is 8.60. The average molecular weight is 399 g/mol. The molecule has 0 aromatic carbocycles. The smallest absolute Gasteiger partial charge is 0.191 e. The van der Waals surface area contributed by atoms with E-state index in [9.17, 15) is 0 Å². The number of likely N-dealkylation sites (tertiary alicyclic amines) is 1. The molecule has 2 unspecified atom stereocenters. The van der Waals surface area contributed by atoms with E-state index in [2.05, 4.69) is 43.8 Å². The van der Waals surface area contributed by atoms with Crippen LogP contribution in [0.4, 0.5) is 0 Å². The number of aliphatic imine (C=N–C) groups is 1. The summed E-state index contributed by atoms with van der Waals surface area (Å²) in [5, 5.41) is 0.526. The van der Waals surface area contributed by atoms with Gasteiger partial charge in [-0.3, -0.25) is 4.99 Å². The van der Waals surface area contributed by atoms with Crippen LogP contribution in [0.2, 0.25) is 0 Å². The van der Waals surface area contributed by atoms with Gasteiger partial charge in [0.1, 0.15) is 0 Å². The Morgan fingerprint density at radius 2 is 2.11 bits per heavy atom. The van der Waals surface area contributed by atoms with Crippen molar-refractivity contribution in [1.29, 1.82) is 0 Å². The number of hydrogen-bond acceptors (Lipinski definition) is 2. The first-order chi connectivity index (χ1) is 8.34. The Kier molecular flexibility index (Phi) is 8.75. The molecule has 1 rings (SSSR count). The zero-order valence-electron chi connectivity index (χ0n) is 13.0. The van der Waals surface area contributed by atoms with Gasteiger partial charge < -0.3 is 10.6 Å². The van der Waals surface area contributed by atoms with Gasteiger partial charge in [0.15, 0.2) is 5.96 Å². The molecule has 5 heteroatoms. The van der Waals surface area contributed by atoms with Crippen LogP contribution in [-0.4, -0.2) is 42.0 Å². The standard InChI is InChI=1S/C14H29N3S.HI/c1-11-7-6-8-17(10-11)13(15)16-9-12(18-5)14(2,3)4;/h11-12H,6-10H2,1-5H3,(H2,15,16);1H. The van der Waals surface area contributed by atoms with Crippen LogP contribution >= 0.6 is 35.7 Å². The molecule has 0 aromatic heterocycles. The quantitative estimate of drug-likeness (QED) is 0.449. The Bertz CT molecular complexity index is 289. The highest BCUT2D eigenvalue weighted by atomic mass is 127. The summed E-state index contributed by atoms with van der Waals surface area (Å²) >= 11 is 1.88. The van der Waals surface area contributed by atoms with E-state index in [0.29, 0.717) is 5.25 Å². The maximum absolute atomic E-state index is 6.12. The minimum absolute atomic E-state index is 0. The van der Waals surface area contributed by atoms with Crippen molar-refractivity contribution in [2.24, 2.45) is 22.1 Å². The Labute approximate surface area is 140 Å². The normalized spacial score (nSPS) is 22.9. The lowest BCUT2D eigenvalue weighted by atomic mass is 9.92. The summed E-state index contributed by atoms with van der Waals surface area (Å²) in [6.45, 7) is 12.0. The van der Waals surface area contributed by atoms with Crippen LogP contribution in [0.3, 0.4) is 0 Å². The van der Waals surface area contributed by atoms with Gasteiger partial charge in [-0.05, 0) is 30.4 Å². The molecule has 1 aliphatic heterocycles. The fraction of sp³-hybridized carbons (Fsp3) is 0.929. The molecule has 3 nitrogen and oxygen atoms in total. The minimum atomic E-state index is 0. The summed E-state index contributed by atoms with van der Waals surface area (Å²) in [6, 6.07) is 0. The number of guanidine groups is 1. The summed E-state index contributed by atoms with van der Waals surface area (Å²) in [5.41, 5.74) is 6.40. The zero-order chi connectivity index (χ0) is 13.8. The average Bonchev–Trinajstić information content (AvgIpc) is 2.27. The second-order valence-electron chi connectivity index (χ2n) is 6.48. The Morgan fingerprint density at radius 1 is 1.47 bits per heavy atom. The molecule has 1 heterocycles. The number of piperidine rings is 1. The van der Waals surface area contributed by atoms with Crippen molar-refractivity contribution in [3.05, 3.63) is 0 Å². The van der Waals surface area contributed by atoms with E-state index in [-0.39, 0.29) is 29.4 Å². The van der Waals surface area contributed by atoms with E-state index < -0.39 is 0 Å². The zero-order valence-corrected chi connectivity index (χ0v) is 16.1. The molecule has 1 fully saturated rings. The van der Waals surface area contributed by atoms with Crippen LogP contribution < -0.4 is 5.73 Å². The van der Waals surface area contributed by atoms with Crippen LogP contribution in [0.15, 0.2) is 4.99 Å². The van der Waals surface area contributed by atoms with Gasteiger partial charge in [0.05, 0.1) is 6.54 Å². The number of hydrogen-bond donors (Lipinski definition) is 1. The fourth-order valence-electron chi connectivity index (χ4n) is 2.38. The van der Waals surface area contributed by atoms with Crippen molar-refractivity contribution >= 4 is 41.7 Å². The number of nitrogens with two attached hydrogens (primary N) is 1. The molecule has 114 valence electrons. The third kappa shape index (κ3) is 6.56. The van der Waals surface area contributed by atoms with E-state index in [0.717, 1.165) is 31.5 Å². The first kappa shape index (κ1) is 19.4. The number of halogens is 1. The Morgan fingerprint density at radius 3 is 2.58 bits per heavy atom. The maximum atomic E-state index is 6.12. The largest absolute Gasteiger partial charge is 0.370 e. The first-order valence-corrected chi connectivity index (χ1v) is 8.21. The molecule has 0 saturated carbocycles. The summed E-state index contributed by atoms with van der Waals surface area (Å²) < 4.78 is 0. The second-order valence-corrected chi connectivity index (χ2v) is 7.52. The van der Waals surface area contributed by atoms with Gasteiger partial charge in [0.25, 0.3) is 0 Å². The highest BCUT2D eigenvalue weighted by molar-refractivity contribution is 14.0. The van der Waals surface area contributed by atoms with Gasteiger partial charge >= 0.3 is 0 Å². The van der Waals surface area contributed by atoms with E-state index in [1.165, 1.54) is 12.8 Å². The van der Waals surface area contributed by atoms with Crippen molar-refractivity contribution < 1.29 is 0 Å². The lowest BCUT2D eigenvalue weighted by Crippen LogP contribution is -2.44. The monoisotopic (exact) mass is 399 g/mol. The SMILES string of the molecule is CSC(CN=C(N)N1CCCC(C)C1)C(C)(C)C.I. The predicted molar refractivity (Wildman–Crippen MR) is 98.6 cm³/mol. The van der Waals surface area contributed by atoms with Crippen molar-refractivity contribution in [2.75, 3.05) is 25.9 Å². The molecule has 19 heavy (non-hydrogen) atoms. The third-order valence-electron chi connectivity index (χ3n) is 3.65. The van der Waals surface area contributed by atoms with Gasteiger partial charge in [-0.2, -0.15) is 11.8 Å². The van der Waals surface area contributed by atoms with Crippen molar-refractivity contribution in [1.82, 2.24) is 4.90 Å². The van der Waals surface area contributed by atoms with E-state index in [1.807, 2.05) is 11.8 Å². The van der Waals surface area contributed by atoms with E-state index in [1.54, 1.807) is 0 Å². The molecule has 0 radical (unpaired) electrons. The highest BCUT2D eigenvalue weighted by Gasteiger charge is 2.24. The van der Waals surface area contributed by atoms with Gasteiger partial charge in [0.2, 0.25) is 0 Å². The predicted octanol–water partition coefficient (Wildman–Crippen LogP) is 3.43. The van der Waals surface area contributed by atoms with Gasteiger partial charge in [-0.1, -0.05) is 27.7 Å². The molecule has 0 amide bonds. The summed E-state index contributed by atoms with van der Waals surface area (Å²) in [7, 11) is 0. The Balaban J connectivity index is 0.00000324. The third-order valence-corrected chi connectivity index (χ3v) is 5.08. The molecule has 0 bridgehead atoms. The van der Waals surface area contributed by atoms with Crippen molar-refractivity contribution in [3.8, 4) is 0 Å². The van der Waals surface area contributed by atoms with Gasteiger partial charge in [-0.25, -0.2) is 0 Å². The van der Waals surface area contributed by atoms with Gasteiger partial charge in [-0.15, -0.1) is 24.0 Å². The first-order valence-electron chi connectivity index (χ1n) is 6.92. The number of rotatable bonds is 3. The van der Waals surface area contributed by atoms with Crippen molar-refractivity contribution in [3.63, 3.8) is 0 Å². The van der Waals surface area contributed by atoms with Crippen LogP contribution in [0.5, 0.6) is 0 Å². The molecular formula is C14H30IN3S. The highest BCUT2D eigenvalue weighted by Crippen LogP contribution is 2.29. The molecule has 0 aliphatic carbocycles. The topological polar surface area (TPSA) is 41.6 Å². The molecule has 0 aromatic rings. The summed E-state index contributed by atoms with van der Waals surface area (Å²) in [5.74, 6) is 1.48. The molecular weight excluding hydrogens is 369 g/mol. The van der Waals surface area contributed by atoms with Crippen LogP contribution in [-0.2, 0) is 0 Å². The molecule has 0 spiro atoms. The van der Waals surface area contributed by atoms with E-state index >= 15 is 0 Å². The molecule has 1 aliphatic rings.